The van der Waals surface area contributed by atoms with Gasteiger partial charge in [0.25, 0.3) is 0 Å². The molecular weight excluding hydrogens is 234 g/mol. The quantitative estimate of drug-likeness (QED) is 0.605. The van der Waals surface area contributed by atoms with Crippen molar-refractivity contribution in [2.45, 2.75) is 13.3 Å². The fourth-order valence-corrected chi connectivity index (χ4v) is 2.01. The smallest absolute Gasteiger partial charge is 0.341 e. The largest absolute Gasteiger partial charge is 0.467 e. The summed E-state index contributed by atoms with van der Waals surface area (Å²) in [7, 11) is 2.87. The van der Waals surface area contributed by atoms with E-state index in [0.29, 0.717) is 11.3 Å². The predicted molar refractivity (Wildman–Crippen MR) is 66.9 cm³/mol. The maximum absolute atomic E-state index is 11.8. The Morgan fingerprint density at radius 2 is 2.22 bits per heavy atom. The summed E-state index contributed by atoms with van der Waals surface area (Å²) in [5, 5.41) is 0. The second-order valence-electron chi connectivity index (χ2n) is 3.94. The van der Waals surface area contributed by atoms with Crippen LogP contribution in [0.25, 0.3) is 0 Å². The topological polar surface area (TPSA) is 57.1 Å². The molecule has 0 radical (unpaired) electrons. The van der Waals surface area contributed by atoms with Gasteiger partial charge in [0.05, 0.1) is 12.8 Å². The van der Waals surface area contributed by atoms with Gasteiger partial charge in [-0.25, -0.2) is 4.79 Å². The molecule has 18 heavy (non-hydrogen) atoms. The molecule has 0 saturated carbocycles. The van der Waals surface area contributed by atoms with E-state index in [1.165, 1.54) is 14.2 Å². The van der Waals surface area contributed by atoms with Gasteiger partial charge in [-0.1, -0.05) is 0 Å². The Morgan fingerprint density at radius 1 is 1.44 bits per heavy atom. The number of aliphatic imine (C=N–C) groups is 1. The molecule has 0 unspecified atom stereocenters. The molecule has 1 heterocycles. The zero-order valence-electron chi connectivity index (χ0n) is 10.6. The summed E-state index contributed by atoms with van der Waals surface area (Å²) >= 11 is 0. The first-order valence-electron chi connectivity index (χ1n) is 5.58. The molecular formula is C13H15NO4. The molecule has 0 amide bonds. The molecule has 2 rings (SSSR count). The minimum Gasteiger partial charge on any atom is -0.467 e. The summed E-state index contributed by atoms with van der Waals surface area (Å²) in [4.78, 5) is 16.1. The number of hydrogen-bond acceptors (Lipinski definition) is 5. The molecule has 0 saturated heterocycles. The lowest BCUT2D eigenvalue weighted by molar-refractivity contribution is 0.0464. The maximum atomic E-state index is 11.8. The third kappa shape index (κ3) is 2.09. The zero-order valence-corrected chi connectivity index (χ0v) is 10.6. The van der Waals surface area contributed by atoms with Gasteiger partial charge < -0.3 is 14.2 Å². The second-order valence-corrected chi connectivity index (χ2v) is 3.94. The van der Waals surface area contributed by atoms with Crippen LogP contribution in [0.4, 0.5) is 5.69 Å². The minimum atomic E-state index is -0.427. The first kappa shape index (κ1) is 12.6. The van der Waals surface area contributed by atoms with E-state index in [-0.39, 0.29) is 6.79 Å². The van der Waals surface area contributed by atoms with Gasteiger partial charge in [-0.05, 0) is 24.1 Å². The Bertz CT molecular complexity index is 508. The standard InChI is InChI=1S/C13H15NO4/c1-8-11(13(15)17-3)10(18-7-16-2)6-9-4-5-14-12(8)9/h5-6H,4,7H2,1-3H3. The van der Waals surface area contributed by atoms with Crippen molar-refractivity contribution in [2.75, 3.05) is 21.0 Å². The molecule has 96 valence electrons. The van der Waals surface area contributed by atoms with Gasteiger partial charge in [0.1, 0.15) is 11.3 Å². The number of ether oxygens (including phenoxy) is 3. The average molecular weight is 249 g/mol. The van der Waals surface area contributed by atoms with E-state index in [0.717, 1.165) is 23.2 Å². The number of benzene rings is 1. The van der Waals surface area contributed by atoms with Crippen LogP contribution >= 0.6 is 0 Å². The Hall–Kier alpha value is -1.88. The van der Waals surface area contributed by atoms with Gasteiger partial charge >= 0.3 is 5.97 Å². The Labute approximate surface area is 105 Å². The fourth-order valence-electron chi connectivity index (χ4n) is 2.01. The van der Waals surface area contributed by atoms with Crippen LogP contribution in [0, 0.1) is 6.92 Å². The summed E-state index contributed by atoms with van der Waals surface area (Å²) in [6.07, 6.45) is 2.57. The second kappa shape index (κ2) is 5.18. The number of fused-ring (bicyclic) bond motifs is 1. The Morgan fingerprint density at radius 3 is 2.89 bits per heavy atom. The van der Waals surface area contributed by atoms with Gasteiger partial charge in [0.2, 0.25) is 0 Å². The molecule has 0 fully saturated rings. The molecule has 0 spiro atoms. The molecule has 1 aliphatic heterocycles. The highest BCUT2D eigenvalue weighted by Crippen LogP contribution is 2.37. The predicted octanol–water partition coefficient (Wildman–Crippen LogP) is 2.02. The van der Waals surface area contributed by atoms with E-state index in [4.69, 9.17) is 14.2 Å². The van der Waals surface area contributed by atoms with Crippen molar-refractivity contribution in [3.63, 3.8) is 0 Å². The van der Waals surface area contributed by atoms with Gasteiger partial charge in [-0.2, -0.15) is 0 Å². The van der Waals surface area contributed by atoms with Gasteiger partial charge in [-0.3, -0.25) is 4.99 Å². The van der Waals surface area contributed by atoms with Gasteiger partial charge in [0, 0.05) is 19.7 Å². The molecule has 5 heteroatoms. The maximum Gasteiger partial charge on any atom is 0.341 e. The van der Waals surface area contributed by atoms with Crippen molar-refractivity contribution in [1.29, 1.82) is 0 Å². The molecule has 1 aromatic rings. The molecule has 0 N–H and O–H groups in total. The Kier molecular flexibility index (Phi) is 3.62. The van der Waals surface area contributed by atoms with Crippen LogP contribution in [0.2, 0.25) is 0 Å². The summed E-state index contributed by atoms with van der Waals surface area (Å²) in [5.74, 6) is 0.0500. The lowest BCUT2D eigenvalue weighted by Crippen LogP contribution is -2.10. The van der Waals surface area contributed by atoms with Crippen molar-refractivity contribution in [2.24, 2.45) is 4.99 Å². The van der Waals surface area contributed by atoms with Crippen molar-refractivity contribution in [3.05, 3.63) is 22.8 Å². The van der Waals surface area contributed by atoms with Crippen LogP contribution in [0.5, 0.6) is 5.75 Å². The summed E-state index contributed by atoms with van der Waals surface area (Å²) in [6.45, 7) is 1.93. The van der Waals surface area contributed by atoms with Crippen molar-refractivity contribution in [1.82, 2.24) is 0 Å². The van der Waals surface area contributed by atoms with E-state index in [9.17, 15) is 4.79 Å². The minimum absolute atomic E-state index is 0.0864. The number of methoxy groups -OCH3 is 2. The molecule has 1 aliphatic rings. The highest BCUT2D eigenvalue weighted by molar-refractivity contribution is 5.97. The van der Waals surface area contributed by atoms with Crippen LogP contribution in [0.15, 0.2) is 11.1 Å². The van der Waals surface area contributed by atoms with Crippen molar-refractivity contribution in [3.8, 4) is 5.75 Å². The highest BCUT2D eigenvalue weighted by atomic mass is 16.7. The molecule has 0 bridgehead atoms. The Balaban J connectivity index is 2.51. The highest BCUT2D eigenvalue weighted by Gasteiger charge is 2.23. The third-order valence-corrected chi connectivity index (χ3v) is 2.84. The van der Waals surface area contributed by atoms with Crippen LogP contribution in [-0.4, -0.2) is 33.2 Å². The van der Waals surface area contributed by atoms with Crippen LogP contribution in [0.3, 0.4) is 0 Å². The lowest BCUT2D eigenvalue weighted by Gasteiger charge is -2.14. The normalized spacial score (nSPS) is 12.4. The monoisotopic (exact) mass is 249 g/mol. The number of hydrogen-bond donors (Lipinski definition) is 0. The fraction of sp³-hybridized carbons (Fsp3) is 0.385. The van der Waals surface area contributed by atoms with Gasteiger partial charge in [0.15, 0.2) is 6.79 Å². The number of esters is 1. The van der Waals surface area contributed by atoms with Crippen molar-refractivity contribution < 1.29 is 19.0 Å². The van der Waals surface area contributed by atoms with E-state index in [2.05, 4.69) is 4.99 Å². The van der Waals surface area contributed by atoms with Crippen LogP contribution in [0.1, 0.15) is 21.5 Å². The third-order valence-electron chi connectivity index (χ3n) is 2.84. The zero-order chi connectivity index (χ0) is 13.1. The first-order chi connectivity index (χ1) is 8.69. The molecule has 0 aliphatic carbocycles. The van der Waals surface area contributed by atoms with Crippen LogP contribution in [-0.2, 0) is 15.9 Å². The lowest BCUT2D eigenvalue weighted by atomic mass is 10.0. The molecule has 5 nitrogen and oxygen atoms in total. The first-order valence-corrected chi connectivity index (χ1v) is 5.58. The number of carbonyl (C=O) groups excluding carboxylic acids is 1. The summed E-state index contributed by atoms with van der Waals surface area (Å²) in [5.41, 5.74) is 3.07. The number of nitrogens with zero attached hydrogens (tertiary/aromatic N) is 1. The van der Waals surface area contributed by atoms with E-state index in [1.54, 1.807) is 0 Å². The van der Waals surface area contributed by atoms with Gasteiger partial charge in [-0.15, -0.1) is 0 Å². The van der Waals surface area contributed by atoms with Crippen LogP contribution < -0.4 is 4.74 Å². The SMILES string of the molecule is COCOc1cc2c(c(C)c1C(=O)OC)N=CC2. The number of rotatable bonds is 4. The summed E-state index contributed by atoms with van der Waals surface area (Å²) in [6, 6.07) is 1.82. The summed E-state index contributed by atoms with van der Waals surface area (Å²) < 4.78 is 15.1. The van der Waals surface area contributed by atoms with E-state index >= 15 is 0 Å². The number of carbonyl (C=O) groups is 1. The average Bonchev–Trinajstić information content (AvgIpc) is 2.84. The van der Waals surface area contributed by atoms with E-state index in [1.807, 2.05) is 19.2 Å². The van der Waals surface area contributed by atoms with E-state index < -0.39 is 5.97 Å². The molecule has 1 aromatic carbocycles. The molecule has 0 aromatic heterocycles. The molecule has 0 atom stereocenters. The van der Waals surface area contributed by atoms with Crippen molar-refractivity contribution >= 4 is 17.9 Å².